The second kappa shape index (κ2) is 8.53. The number of tetrazole rings is 1. The summed E-state index contributed by atoms with van der Waals surface area (Å²) in [4.78, 5) is 12.4. The molecule has 0 fully saturated rings. The van der Waals surface area contributed by atoms with Gasteiger partial charge in [0.15, 0.2) is 5.78 Å². The van der Waals surface area contributed by atoms with Crippen LogP contribution in [0.1, 0.15) is 17.3 Å². The molecule has 3 rings (SSSR count). The first-order valence-corrected chi connectivity index (χ1v) is 9.46. The summed E-state index contributed by atoms with van der Waals surface area (Å²) in [6, 6.07) is 12.2. The molecule has 9 heteroatoms. The third-order valence-electron chi connectivity index (χ3n) is 3.41. The molecule has 0 radical (unpaired) electrons. The maximum atomic E-state index is 12.4. The molecule has 134 valence electrons. The molecule has 6 nitrogen and oxygen atoms in total. The number of Topliss-reactive ketones (excluding diaryl/α,β-unsaturated/α-hetero) is 1. The number of nitrogens with zero attached hydrogens (tertiary/aromatic N) is 4. The second-order valence-corrected chi connectivity index (χ2v) is 6.87. The van der Waals surface area contributed by atoms with Crippen LogP contribution in [0.5, 0.6) is 5.75 Å². The lowest BCUT2D eigenvalue weighted by molar-refractivity contribution is 0.102. The lowest BCUT2D eigenvalue weighted by atomic mass is 10.1. The van der Waals surface area contributed by atoms with E-state index in [0.29, 0.717) is 38.8 Å². The van der Waals surface area contributed by atoms with E-state index in [1.165, 1.54) is 11.8 Å². The average Bonchev–Trinajstić information content (AvgIpc) is 3.11. The van der Waals surface area contributed by atoms with Crippen LogP contribution in [0.3, 0.4) is 0 Å². The first kappa shape index (κ1) is 18.7. The Kier molecular flexibility index (Phi) is 6.13. The molecule has 0 atom stereocenters. The van der Waals surface area contributed by atoms with Gasteiger partial charge in [-0.2, -0.15) is 4.68 Å². The van der Waals surface area contributed by atoms with Crippen molar-refractivity contribution in [3.8, 4) is 11.4 Å². The van der Waals surface area contributed by atoms with Crippen LogP contribution >= 0.6 is 35.0 Å². The number of ketones is 1. The van der Waals surface area contributed by atoms with Crippen LogP contribution in [-0.2, 0) is 0 Å². The van der Waals surface area contributed by atoms with Crippen LogP contribution in [0.15, 0.2) is 47.6 Å². The van der Waals surface area contributed by atoms with E-state index in [1.54, 1.807) is 22.9 Å². The molecule has 0 N–H and O–H groups in total. The van der Waals surface area contributed by atoms with Crippen molar-refractivity contribution >= 4 is 40.7 Å². The van der Waals surface area contributed by atoms with Crippen LogP contribution in [0.2, 0.25) is 10.0 Å². The molecule has 0 aliphatic carbocycles. The zero-order valence-corrected chi connectivity index (χ0v) is 16.1. The summed E-state index contributed by atoms with van der Waals surface area (Å²) < 4.78 is 7.17. The third-order valence-corrected chi connectivity index (χ3v) is 5.07. The number of benzene rings is 2. The number of carbonyl (C=O) groups excluding carboxylic acids is 1. The lowest BCUT2D eigenvalue weighted by Gasteiger charge is -2.10. The number of rotatable bonds is 7. The highest BCUT2D eigenvalue weighted by Crippen LogP contribution is 2.27. The second-order valence-electron chi connectivity index (χ2n) is 5.11. The average molecular weight is 409 g/mol. The van der Waals surface area contributed by atoms with Crippen molar-refractivity contribution in [2.24, 2.45) is 0 Å². The minimum atomic E-state index is -0.0961. The molecule has 0 amide bonds. The van der Waals surface area contributed by atoms with Crippen LogP contribution in [0.4, 0.5) is 0 Å². The van der Waals surface area contributed by atoms with Gasteiger partial charge in [0.25, 0.3) is 0 Å². The zero-order chi connectivity index (χ0) is 18.5. The molecule has 3 aromatic rings. The molecular formula is C17H14Cl2N4O2S. The van der Waals surface area contributed by atoms with E-state index in [9.17, 15) is 4.79 Å². The minimum Gasteiger partial charge on any atom is -0.492 e. The predicted molar refractivity (Wildman–Crippen MR) is 102 cm³/mol. The fourth-order valence-corrected chi connectivity index (χ4v) is 3.29. The Hall–Kier alpha value is -2.09. The van der Waals surface area contributed by atoms with Gasteiger partial charge in [-0.25, -0.2) is 0 Å². The molecule has 0 aliphatic rings. The van der Waals surface area contributed by atoms with Crippen molar-refractivity contribution in [2.75, 3.05) is 12.4 Å². The van der Waals surface area contributed by atoms with Gasteiger partial charge in [0, 0.05) is 5.56 Å². The summed E-state index contributed by atoms with van der Waals surface area (Å²) in [5.41, 5.74) is 1.20. The van der Waals surface area contributed by atoms with Gasteiger partial charge in [-0.15, -0.1) is 5.10 Å². The van der Waals surface area contributed by atoms with Gasteiger partial charge < -0.3 is 4.74 Å². The highest BCUT2D eigenvalue weighted by atomic mass is 35.5. The summed E-state index contributed by atoms with van der Waals surface area (Å²) >= 11 is 13.1. The molecule has 0 bridgehead atoms. The SMILES string of the molecule is CCOc1ccccc1-n1nnnc1SCC(=O)c1ccc(Cl)c(Cl)c1. The smallest absolute Gasteiger partial charge is 0.214 e. The van der Waals surface area contributed by atoms with Gasteiger partial charge in [0.05, 0.1) is 22.4 Å². The highest BCUT2D eigenvalue weighted by molar-refractivity contribution is 7.99. The molecule has 0 spiro atoms. The van der Waals surface area contributed by atoms with E-state index in [0.717, 1.165) is 0 Å². The van der Waals surface area contributed by atoms with Gasteiger partial charge in [-0.05, 0) is 47.7 Å². The molecular weight excluding hydrogens is 395 g/mol. The predicted octanol–water partition coefficient (Wildman–Crippen LogP) is 4.34. The van der Waals surface area contributed by atoms with Crippen molar-refractivity contribution < 1.29 is 9.53 Å². The van der Waals surface area contributed by atoms with Gasteiger partial charge in [0.2, 0.25) is 5.16 Å². The zero-order valence-electron chi connectivity index (χ0n) is 13.7. The molecule has 1 heterocycles. The minimum absolute atomic E-state index is 0.0961. The Morgan fingerprint density at radius 1 is 1.19 bits per heavy atom. The van der Waals surface area contributed by atoms with Crippen LogP contribution in [-0.4, -0.2) is 38.4 Å². The molecule has 1 aromatic heterocycles. The van der Waals surface area contributed by atoms with Crippen molar-refractivity contribution in [1.29, 1.82) is 0 Å². The summed E-state index contributed by atoms with van der Waals surface area (Å²) in [7, 11) is 0. The number of carbonyl (C=O) groups is 1. The first-order chi connectivity index (χ1) is 12.6. The number of para-hydroxylation sites is 2. The maximum Gasteiger partial charge on any atom is 0.214 e. The quantitative estimate of drug-likeness (QED) is 0.427. The molecule has 26 heavy (non-hydrogen) atoms. The van der Waals surface area contributed by atoms with Gasteiger partial charge >= 0.3 is 0 Å². The Labute approximate surface area is 164 Å². The Morgan fingerprint density at radius 3 is 2.77 bits per heavy atom. The third kappa shape index (κ3) is 4.17. The molecule has 2 aromatic carbocycles. The number of halogens is 2. The monoisotopic (exact) mass is 408 g/mol. The Morgan fingerprint density at radius 2 is 2.00 bits per heavy atom. The number of ether oxygens (including phenoxy) is 1. The van der Waals surface area contributed by atoms with E-state index in [2.05, 4.69) is 15.5 Å². The van der Waals surface area contributed by atoms with Gasteiger partial charge in [-0.3, -0.25) is 4.79 Å². The van der Waals surface area contributed by atoms with E-state index in [1.807, 2.05) is 31.2 Å². The largest absolute Gasteiger partial charge is 0.492 e. The maximum absolute atomic E-state index is 12.4. The van der Waals surface area contributed by atoms with Gasteiger partial charge in [-0.1, -0.05) is 47.1 Å². The van der Waals surface area contributed by atoms with E-state index >= 15 is 0 Å². The number of hydrogen-bond donors (Lipinski definition) is 0. The summed E-state index contributed by atoms with van der Waals surface area (Å²) in [6.45, 7) is 2.43. The molecule has 0 unspecified atom stereocenters. The topological polar surface area (TPSA) is 69.9 Å². The van der Waals surface area contributed by atoms with Crippen molar-refractivity contribution in [3.05, 3.63) is 58.1 Å². The number of hydrogen-bond acceptors (Lipinski definition) is 6. The normalized spacial score (nSPS) is 10.7. The van der Waals surface area contributed by atoms with Crippen molar-refractivity contribution in [2.45, 2.75) is 12.1 Å². The molecule has 0 aliphatic heterocycles. The first-order valence-electron chi connectivity index (χ1n) is 7.71. The van der Waals surface area contributed by atoms with Crippen LogP contribution in [0.25, 0.3) is 5.69 Å². The van der Waals surface area contributed by atoms with E-state index < -0.39 is 0 Å². The fraction of sp³-hybridized carbons (Fsp3) is 0.176. The van der Waals surface area contributed by atoms with Gasteiger partial charge in [0.1, 0.15) is 11.4 Å². The van der Waals surface area contributed by atoms with Crippen LogP contribution < -0.4 is 4.74 Å². The summed E-state index contributed by atoms with van der Waals surface area (Å²) in [5, 5.41) is 13.0. The molecule has 0 saturated carbocycles. The van der Waals surface area contributed by atoms with Crippen molar-refractivity contribution in [3.63, 3.8) is 0 Å². The highest BCUT2D eigenvalue weighted by Gasteiger charge is 2.16. The lowest BCUT2D eigenvalue weighted by Crippen LogP contribution is -2.06. The van der Waals surface area contributed by atoms with Crippen molar-refractivity contribution in [1.82, 2.24) is 20.2 Å². The Bertz CT molecular complexity index is 933. The van der Waals surface area contributed by atoms with E-state index in [-0.39, 0.29) is 11.5 Å². The summed E-state index contributed by atoms with van der Waals surface area (Å²) in [6.07, 6.45) is 0. The van der Waals surface area contributed by atoms with Crippen LogP contribution in [0, 0.1) is 0 Å². The fourth-order valence-electron chi connectivity index (χ4n) is 2.21. The Balaban J connectivity index is 1.77. The number of thioether (sulfide) groups is 1. The molecule has 0 saturated heterocycles. The number of aromatic nitrogens is 4. The summed E-state index contributed by atoms with van der Waals surface area (Å²) in [5.74, 6) is 0.732. The van der Waals surface area contributed by atoms with E-state index in [4.69, 9.17) is 27.9 Å². The standard InChI is InChI=1S/C17H14Cl2N4O2S/c1-2-25-16-6-4-3-5-14(16)23-17(20-21-22-23)26-10-15(24)11-7-8-12(18)13(19)9-11/h3-9H,2,10H2,1H3.